The Morgan fingerprint density at radius 1 is 1.13 bits per heavy atom. The molecular weight excluding hydrogens is 350 g/mol. The van der Waals surface area contributed by atoms with Crippen molar-refractivity contribution in [2.45, 2.75) is 0 Å². The number of carboxylic acids is 1. The van der Waals surface area contributed by atoms with Crippen molar-refractivity contribution >= 4 is 5.97 Å². The van der Waals surface area contributed by atoms with Gasteiger partial charge in [0.15, 0.2) is 0 Å². The zero-order chi connectivity index (χ0) is 10.7. The van der Waals surface area contributed by atoms with Crippen LogP contribution in [0, 0.1) is 0 Å². The molecule has 0 heterocycles. The molecule has 0 saturated carbocycles. The number of carbonyl (C=O) groups excluding carboxylic acids is 1. The van der Waals surface area contributed by atoms with E-state index in [2.05, 4.69) is 6.63 Å². The Labute approximate surface area is 174 Å². The van der Waals surface area contributed by atoms with Crippen LogP contribution < -0.4 is 112 Å². The topological polar surface area (TPSA) is 150 Å². The molecule has 0 amide bonds. The summed E-state index contributed by atoms with van der Waals surface area (Å²) in [6.45, 7) is -1.40. The van der Waals surface area contributed by atoms with Gasteiger partial charge in [-0.1, -0.05) is 0 Å². The SMILES string of the molecule is O=C([O-])C[O][Cr](=[O])(=[O])[O][Cr](=[O])(=[O])[O-].[K+].[K+]. The van der Waals surface area contributed by atoms with Crippen LogP contribution in [-0.2, 0) is 53.9 Å². The quantitative estimate of drug-likeness (QED) is 0.439. The number of rotatable bonds is 5. The summed E-state index contributed by atoms with van der Waals surface area (Å²) in [5.41, 5.74) is 0. The summed E-state index contributed by atoms with van der Waals surface area (Å²) in [7, 11) is 0. The second-order valence-electron chi connectivity index (χ2n) is 1.52. The van der Waals surface area contributed by atoms with Crippen LogP contribution in [0.15, 0.2) is 0 Å². The monoisotopic (exact) mass is 352 g/mol. The summed E-state index contributed by atoms with van der Waals surface area (Å²) in [4.78, 5) is 9.65. The summed E-state index contributed by atoms with van der Waals surface area (Å²) in [5, 5.41) is 9.65. The van der Waals surface area contributed by atoms with E-state index in [9.17, 15) is 29.3 Å². The average Bonchev–Trinajstić information content (AvgIpc) is 1.78. The van der Waals surface area contributed by atoms with Crippen LogP contribution >= 0.6 is 0 Å². The number of carbonyl (C=O) groups is 1. The normalized spacial score (nSPS) is 11.0. The second kappa shape index (κ2) is 9.77. The first-order chi connectivity index (χ1) is 5.62. The zero-order valence-electron chi connectivity index (χ0n) is 7.70. The van der Waals surface area contributed by atoms with Gasteiger partial charge < -0.3 is 0 Å². The number of aliphatic carboxylic acids is 1. The van der Waals surface area contributed by atoms with Gasteiger partial charge in [-0.15, -0.1) is 0 Å². The van der Waals surface area contributed by atoms with Crippen molar-refractivity contribution in [2.75, 3.05) is 6.61 Å². The van der Waals surface area contributed by atoms with Crippen LogP contribution in [0.2, 0.25) is 0 Å². The smallest absolute Gasteiger partial charge is 1.00 e. The summed E-state index contributed by atoms with van der Waals surface area (Å²) < 4.78 is 56.5. The average molecular weight is 352 g/mol. The number of carboxylic acid groups (broad SMARTS) is 1. The van der Waals surface area contributed by atoms with E-state index in [1.54, 1.807) is 0 Å². The molecule has 0 spiro atoms. The Morgan fingerprint density at radius 3 is 1.80 bits per heavy atom. The third kappa shape index (κ3) is 16.9. The van der Waals surface area contributed by atoms with Crippen molar-refractivity contribution in [3.8, 4) is 0 Å². The molecule has 0 fully saturated rings. The summed E-state index contributed by atoms with van der Waals surface area (Å²) in [5.74, 6) is -1.89. The first-order valence-corrected chi connectivity index (χ1v) is 6.55. The molecule has 0 saturated heterocycles. The molecular formula is C2H2Cr2K2O9. The van der Waals surface area contributed by atoms with E-state index in [0.29, 0.717) is 0 Å². The fourth-order valence-corrected chi connectivity index (χ4v) is 2.56. The van der Waals surface area contributed by atoms with Crippen molar-refractivity contribution < 1.29 is 166 Å². The summed E-state index contributed by atoms with van der Waals surface area (Å²) in [6, 6.07) is 0. The van der Waals surface area contributed by atoms with Crippen molar-refractivity contribution in [2.24, 2.45) is 0 Å². The van der Waals surface area contributed by atoms with Crippen LogP contribution in [0.5, 0.6) is 0 Å². The molecule has 0 aromatic carbocycles. The molecule has 0 aliphatic heterocycles. The van der Waals surface area contributed by atoms with Gasteiger partial charge in [0.05, 0.1) is 0 Å². The Kier molecular flexibility index (Phi) is 15.0. The van der Waals surface area contributed by atoms with Gasteiger partial charge in [0.2, 0.25) is 0 Å². The minimum absolute atomic E-state index is 0. The molecule has 13 heteroatoms. The molecule has 78 valence electrons. The van der Waals surface area contributed by atoms with Gasteiger partial charge in [-0.05, 0) is 0 Å². The molecule has 0 unspecified atom stereocenters. The predicted octanol–water partition coefficient (Wildman–Crippen LogP) is -9.51. The molecule has 0 N–H and O–H groups in total. The maximum absolute atomic E-state index is 10.3. The Morgan fingerprint density at radius 2 is 1.53 bits per heavy atom. The maximum Gasteiger partial charge on any atom is 1.00 e. The summed E-state index contributed by atoms with van der Waals surface area (Å²) >= 11 is -12.0. The fraction of sp³-hybridized carbons (Fsp3) is 0.500. The molecule has 0 radical (unpaired) electrons. The minimum atomic E-state index is -6.18. The molecule has 15 heavy (non-hydrogen) atoms. The van der Waals surface area contributed by atoms with Gasteiger partial charge in [0.1, 0.15) is 0 Å². The maximum atomic E-state index is 10.3. The van der Waals surface area contributed by atoms with Gasteiger partial charge >= 0.3 is 178 Å². The van der Waals surface area contributed by atoms with Gasteiger partial charge in [0.25, 0.3) is 0 Å². The van der Waals surface area contributed by atoms with Gasteiger partial charge in [-0.25, -0.2) is 0 Å². The van der Waals surface area contributed by atoms with E-state index < -0.39 is 39.8 Å². The number of hydrogen-bond donors (Lipinski definition) is 0. The summed E-state index contributed by atoms with van der Waals surface area (Å²) in [6.07, 6.45) is 0. The Hall–Kier alpha value is 2.89. The molecule has 0 aromatic heterocycles. The zero-order valence-corrected chi connectivity index (χ0v) is 16.5. The predicted molar refractivity (Wildman–Crippen MR) is 14.8 cm³/mol. The fourth-order valence-electron chi connectivity index (χ4n) is 0.242. The van der Waals surface area contributed by atoms with Crippen molar-refractivity contribution in [3.63, 3.8) is 0 Å². The Bertz CT molecular complexity index is 380. The molecule has 0 aliphatic carbocycles. The van der Waals surface area contributed by atoms with Crippen molar-refractivity contribution in [1.82, 2.24) is 0 Å². The first-order valence-electron chi connectivity index (χ1n) is 2.38. The van der Waals surface area contributed by atoms with E-state index in [0.717, 1.165) is 0 Å². The molecule has 0 aliphatic rings. The second-order valence-corrected chi connectivity index (χ2v) is 5.53. The molecule has 9 nitrogen and oxygen atoms in total. The van der Waals surface area contributed by atoms with Crippen LogP contribution in [0.1, 0.15) is 0 Å². The third-order valence-electron chi connectivity index (χ3n) is 0.488. The van der Waals surface area contributed by atoms with E-state index in [1.165, 1.54) is 0 Å². The van der Waals surface area contributed by atoms with Crippen LogP contribution in [-0.4, -0.2) is 12.6 Å². The van der Waals surface area contributed by atoms with E-state index >= 15 is 0 Å². The molecule has 0 rings (SSSR count). The van der Waals surface area contributed by atoms with Gasteiger partial charge in [-0.3, -0.25) is 0 Å². The molecule has 0 atom stereocenters. The van der Waals surface area contributed by atoms with Crippen LogP contribution in [0.25, 0.3) is 0 Å². The van der Waals surface area contributed by atoms with E-state index in [4.69, 9.17) is 0 Å². The van der Waals surface area contributed by atoms with Gasteiger partial charge in [-0.2, -0.15) is 0 Å². The minimum Gasteiger partial charge on any atom is 1.00 e. The number of hydrogen-bond acceptors (Lipinski definition) is 9. The standard InChI is InChI=1S/C2H3O3.2Cr.2K.6O/c3-1-2(4)5;;;;;;;;;;/h1H2,(H,4,5);;;;;;;;;;/q-1;;3*+1;;;;;;-1/p-1. The van der Waals surface area contributed by atoms with Crippen LogP contribution in [0.3, 0.4) is 0 Å². The largest absolute Gasteiger partial charge is 1.00 e. The Balaban J connectivity index is -0.000000720. The third-order valence-corrected chi connectivity index (χ3v) is 3.79. The molecule has 0 aromatic rings. The van der Waals surface area contributed by atoms with Crippen LogP contribution in [0.4, 0.5) is 0 Å². The van der Waals surface area contributed by atoms with E-state index in [-0.39, 0.29) is 103 Å². The van der Waals surface area contributed by atoms with Crippen molar-refractivity contribution in [1.29, 1.82) is 0 Å². The van der Waals surface area contributed by atoms with E-state index in [1.807, 2.05) is 0 Å². The molecule has 0 bridgehead atoms. The van der Waals surface area contributed by atoms with Crippen molar-refractivity contribution in [3.05, 3.63) is 0 Å². The van der Waals surface area contributed by atoms with Gasteiger partial charge in [0, 0.05) is 0 Å². The first kappa shape index (κ1) is 23.0.